The fourth-order valence-electron chi connectivity index (χ4n) is 4.37. The van der Waals surface area contributed by atoms with E-state index in [9.17, 15) is 0 Å². The number of benzene rings is 2. The van der Waals surface area contributed by atoms with Crippen molar-refractivity contribution in [3.63, 3.8) is 0 Å². The zero-order valence-corrected chi connectivity index (χ0v) is 15.8. The molecule has 2 N–H and O–H groups in total. The van der Waals surface area contributed by atoms with Gasteiger partial charge in [0, 0.05) is 46.5 Å². The van der Waals surface area contributed by atoms with Crippen molar-refractivity contribution in [1.82, 2.24) is 15.3 Å². The summed E-state index contributed by atoms with van der Waals surface area (Å²) in [6, 6.07) is 20.8. The van der Waals surface area contributed by atoms with Gasteiger partial charge in [0.05, 0.1) is 5.54 Å². The van der Waals surface area contributed by atoms with Gasteiger partial charge in [0.1, 0.15) is 0 Å². The SMILES string of the molecule is CC1(c2ccncc2)NCC(c2ccccc2Cl)c2c1[nH]c1ccccc21. The third kappa shape index (κ3) is 2.50. The largest absolute Gasteiger partial charge is 0.356 e. The Morgan fingerprint density at radius 1 is 1.00 bits per heavy atom. The number of para-hydroxylation sites is 1. The van der Waals surface area contributed by atoms with Crippen molar-refractivity contribution >= 4 is 22.5 Å². The number of nitrogens with zero attached hydrogens (tertiary/aromatic N) is 1. The van der Waals surface area contributed by atoms with Crippen molar-refractivity contribution in [2.24, 2.45) is 0 Å². The van der Waals surface area contributed by atoms with Crippen LogP contribution in [0.4, 0.5) is 0 Å². The molecule has 0 aliphatic carbocycles. The molecule has 2 unspecified atom stereocenters. The highest BCUT2D eigenvalue weighted by atomic mass is 35.5. The number of nitrogens with one attached hydrogen (secondary N) is 2. The lowest BCUT2D eigenvalue weighted by Crippen LogP contribution is -2.47. The summed E-state index contributed by atoms with van der Waals surface area (Å²) in [5.41, 5.74) is 5.73. The number of aromatic amines is 1. The standard InChI is InChI=1S/C23H20ClN3/c1-23(15-10-12-25-13-11-15)22-21(17-7-3-5-9-20(17)27-22)18(14-26-23)16-6-2-4-8-19(16)24/h2-13,18,26-27H,14H2,1H3. The first-order chi connectivity index (χ1) is 13.2. The smallest absolute Gasteiger partial charge is 0.0817 e. The van der Waals surface area contributed by atoms with Gasteiger partial charge >= 0.3 is 0 Å². The first-order valence-corrected chi connectivity index (χ1v) is 9.57. The molecular weight excluding hydrogens is 354 g/mol. The summed E-state index contributed by atoms with van der Waals surface area (Å²) in [6.07, 6.45) is 3.70. The molecule has 0 amide bonds. The second-order valence-corrected chi connectivity index (χ2v) is 7.68. The van der Waals surface area contributed by atoms with E-state index in [1.165, 1.54) is 22.2 Å². The van der Waals surface area contributed by atoms with Gasteiger partial charge in [0.15, 0.2) is 0 Å². The van der Waals surface area contributed by atoms with E-state index in [-0.39, 0.29) is 11.5 Å². The van der Waals surface area contributed by atoms with Gasteiger partial charge in [-0.3, -0.25) is 4.98 Å². The van der Waals surface area contributed by atoms with Gasteiger partial charge in [-0.25, -0.2) is 0 Å². The molecule has 2 atom stereocenters. The van der Waals surface area contributed by atoms with Crippen LogP contribution in [-0.4, -0.2) is 16.5 Å². The maximum absolute atomic E-state index is 6.58. The Kier molecular flexibility index (Phi) is 3.81. The molecule has 1 aliphatic rings. The van der Waals surface area contributed by atoms with Gasteiger partial charge in [0.2, 0.25) is 0 Å². The number of fused-ring (bicyclic) bond motifs is 3. The molecule has 2 aromatic carbocycles. The average molecular weight is 374 g/mol. The van der Waals surface area contributed by atoms with E-state index in [0.717, 1.165) is 22.6 Å². The Balaban J connectivity index is 1.79. The van der Waals surface area contributed by atoms with Crippen LogP contribution < -0.4 is 5.32 Å². The molecule has 0 radical (unpaired) electrons. The maximum Gasteiger partial charge on any atom is 0.0817 e. The van der Waals surface area contributed by atoms with Gasteiger partial charge in [-0.15, -0.1) is 0 Å². The fourth-order valence-corrected chi connectivity index (χ4v) is 4.64. The van der Waals surface area contributed by atoms with Gasteiger partial charge in [-0.05, 0) is 47.9 Å². The Bertz CT molecular complexity index is 1120. The second-order valence-electron chi connectivity index (χ2n) is 7.28. The van der Waals surface area contributed by atoms with E-state index >= 15 is 0 Å². The number of aromatic nitrogens is 2. The van der Waals surface area contributed by atoms with Gasteiger partial charge in [0.25, 0.3) is 0 Å². The third-order valence-corrected chi connectivity index (χ3v) is 6.14. The van der Waals surface area contributed by atoms with Crippen LogP contribution >= 0.6 is 11.6 Å². The van der Waals surface area contributed by atoms with Crippen LogP contribution in [-0.2, 0) is 5.54 Å². The molecule has 3 nitrogen and oxygen atoms in total. The fraction of sp³-hybridized carbons (Fsp3) is 0.174. The normalized spacial score (nSPS) is 21.9. The second kappa shape index (κ2) is 6.22. The topological polar surface area (TPSA) is 40.7 Å². The highest BCUT2D eigenvalue weighted by molar-refractivity contribution is 6.31. The van der Waals surface area contributed by atoms with Crippen LogP contribution in [0.25, 0.3) is 10.9 Å². The van der Waals surface area contributed by atoms with E-state index in [2.05, 4.69) is 70.7 Å². The van der Waals surface area contributed by atoms with Crippen LogP contribution in [0, 0.1) is 0 Å². The maximum atomic E-state index is 6.58. The molecule has 0 saturated carbocycles. The molecular formula is C23H20ClN3. The van der Waals surface area contributed by atoms with Crippen LogP contribution in [0.5, 0.6) is 0 Å². The van der Waals surface area contributed by atoms with E-state index in [0.29, 0.717) is 0 Å². The van der Waals surface area contributed by atoms with Crippen molar-refractivity contribution in [2.45, 2.75) is 18.4 Å². The predicted molar refractivity (Wildman–Crippen MR) is 110 cm³/mol. The van der Waals surface area contributed by atoms with Crippen LogP contribution in [0.2, 0.25) is 5.02 Å². The van der Waals surface area contributed by atoms with Crippen LogP contribution in [0.15, 0.2) is 73.1 Å². The van der Waals surface area contributed by atoms with Crippen molar-refractivity contribution < 1.29 is 0 Å². The lowest BCUT2D eigenvalue weighted by atomic mass is 9.77. The minimum absolute atomic E-state index is 0.194. The number of halogens is 1. The average Bonchev–Trinajstić information content (AvgIpc) is 3.11. The van der Waals surface area contributed by atoms with Crippen LogP contribution in [0.1, 0.15) is 35.2 Å². The summed E-state index contributed by atoms with van der Waals surface area (Å²) in [4.78, 5) is 7.89. The summed E-state index contributed by atoms with van der Waals surface area (Å²) >= 11 is 6.58. The molecule has 0 spiro atoms. The van der Waals surface area contributed by atoms with Crippen molar-refractivity contribution in [1.29, 1.82) is 0 Å². The molecule has 5 rings (SSSR count). The van der Waals surface area contributed by atoms with E-state index in [1.54, 1.807) is 0 Å². The third-order valence-electron chi connectivity index (χ3n) is 5.79. The first-order valence-electron chi connectivity index (χ1n) is 9.19. The zero-order chi connectivity index (χ0) is 18.4. The highest BCUT2D eigenvalue weighted by Crippen LogP contribution is 2.45. The van der Waals surface area contributed by atoms with Gasteiger partial charge < -0.3 is 10.3 Å². The monoisotopic (exact) mass is 373 g/mol. The number of hydrogen-bond donors (Lipinski definition) is 2. The quantitative estimate of drug-likeness (QED) is 0.506. The molecule has 134 valence electrons. The molecule has 0 bridgehead atoms. The molecule has 0 fully saturated rings. The first kappa shape index (κ1) is 16.5. The highest BCUT2D eigenvalue weighted by Gasteiger charge is 2.40. The summed E-state index contributed by atoms with van der Waals surface area (Å²) in [7, 11) is 0. The molecule has 2 aromatic heterocycles. The molecule has 4 aromatic rings. The summed E-state index contributed by atoms with van der Waals surface area (Å²) in [5.74, 6) is 0.194. The minimum Gasteiger partial charge on any atom is -0.356 e. The molecule has 1 aliphatic heterocycles. The molecule has 4 heteroatoms. The Morgan fingerprint density at radius 2 is 1.74 bits per heavy atom. The number of hydrogen-bond acceptors (Lipinski definition) is 2. The summed E-state index contributed by atoms with van der Waals surface area (Å²) in [5, 5.41) is 5.86. The summed E-state index contributed by atoms with van der Waals surface area (Å²) in [6.45, 7) is 3.05. The van der Waals surface area contributed by atoms with Crippen molar-refractivity contribution in [3.05, 3.63) is 100 Å². The van der Waals surface area contributed by atoms with E-state index < -0.39 is 0 Å². The van der Waals surface area contributed by atoms with Gasteiger partial charge in [-0.1, -0.05) is 48.0 Å². The van der Waals surface area contributed by atoms with Crippen molar-refractivity contribution in [2.75, 3.05) is 6.54 Å². The number of H-pyrrole nitrogens is 1. The Hall–Kier alpha value is -2.62. The van der Waals surface area contributed by atoms with Crippen molar-refractivity contribution in [3.8, 4) is 0 Å². The summed E-state index contributed by atoms with van der Waals surface area (Å²) < 4.78 is 0. The minimum atomic E-state index is -0.310. The molecule has 3 heterocycles. The van der Waals surface area contributed by atoms with Gasteiger partial charge in [-0.2, -0.15) is 0 Å². The lowest BCUT2D eigenvalue weighted by Gasteiger charge is -2.39. The van der Waals surface area contributed by atoms with E-state index in [4.69, 9.17) is 11.6 Å². The molecule has 0 saturated heterocycles. The zero-order valence-electron chi connectivity index (χ0n) is 15.0. The van der Waals surface area contributed by atoms with E-state index in [1.807, 2.05) is 24.5 Å². The number of rotatable bonds is 2. The molecule has 27 heavy (non-hydrogen) atoms. The predicted octanol–water partition coefficient (Wildman–Crippen LogP) is 5.21. The Morgan fingerprint density at radius 3 is 2.56 bits per heavy atom. The Labute approximate surface area is 163 Å². The lowest BCUT2D eigenvalue weighted by molar-refractivity contribution is 0.390. The number of pyridine rings is 1. The van der Waals surface area contributed by atoms with Crippen LogP contribution in [0.3, 0.4) is 0 Å².